The van der Waals surface area contributed by atoms with E-state index in [2.05, 4.69) is 36.1 Å². The number of aromatic nitrogens is 1. The highest BCUT2D eigenvalue weighted by molar-refractivity contribution is 5.95. The molecule has 0 spiro atoms. The van der Waals surface area contributed by atoms with Crippen molar-refractivity contribution in [1.29, 1.82) is 0 Å². The van der Waals surface area contributed by atoms with Crippen LogP contribution < -0.4 is 14.4 Å². The van der Waals surface area contributed by atoms with Gasteiger partial charge in [0.25, 0.3) is 0 Å². The van der Waals surface area contributed by atoms with Crippen LogP contribution >= 0.6 is 0 Å². The van der Waals surface area contributed by atoms with E-state index in [1.54, 1.807) is 14.2 Å². The highest BCUT2D eigenvalue weighted by Crippen LogP contribution is 2.36. The second-order valence-electron chi connectivity index (χ2n) is 6.78. The van der Waals surface area contributed by atoms with Crippen molar-refractivity contribution in [1.82, 2.24) is 4.98 Å². The van der Waals surface area contributed by atoms with Crippen molar-refractivity contribution in [3.63, 3.8) is 0 Å². The molecule has 0 radical (unpaired) electrons. The molecule has 0 amide bonds. The van der Waals surface area contributed by atoms with Gasteiger partial charge < -0.3 is 14.4 Å². The first kappa shape index (κ1) is 16.7. The quantitative estimate of drug-likeness (QED) is 0.676. The van der Waals surface area contributed by atoms with Crippen molar-refractivity contribution in [2.75, 3.05) is 32.2 Å². The molecule has 1 saturated heterocycles. The highest BCUT2D eigenvalue weighted by Gasteiger charge is 2.17. The minimum atomic E-state index is 0.789. The number of fused-ring (bicyclic) bond motifs is 1. The summed E-state index contributed by atoms with van der Waals surface area (Å²) in [6.45, 7) is 4.33. The number of anilines is 1. The molecular formula is C22H24N2O2. The normalized spacial score (nSPS) is 14.0. The topological polar surface area (TPSA) is 34.6 Å². The standard InChI is InChI=1S/C22H24N2O2/c1-15-12-21(24-10-4-5-11-24)19-8-6-16(13-20(19)23-15)18-9-7-17(25-2)14-22(18)26-3/h6-9,12-14H,4-5,10-11H2,1-3H3. The predicted octanol–water partition coefficient (Wildman–Crippen LogP) is 4.83. The van der Waals surface area contributed by atoms with Crippen molar-refractivity contribution in [2.24, 2.45) is 0 Å². The Balaban J connectivity index is 1.83. The zero-order valence-electron chi connectivity index (χ0n) is 15.6. The number of methoxy groups -OCH3 is 2. The number of hydrogen-bond donors (Lipinski definition) is 0. The molecule has 0 N–H and O–H groups in total. The zero-order valence-corrected chi connectivity index (χ0v) is 15.6. The van der Waals surface area contributed by atoms with E-state index in [4.69, 9.17) is 14.5 Å². The first-order valence-corrected chi connectivity index (χ1v) is 9.08. The van der Waals surface area contributed by atoms with Crippen molar-refractivity contribution < 1.29 is 9.47 Å². The highest BCUT2D eigenvalue weighted by atomic mass is 16.5. The number of benzene rings is 2. The largest absolute Gasteiger partial charge is 0.497 e. The van der Waals surface area contributed by atoms with Gasteiger partial charge in [0.1, 0.15) is 11.5 Å². The molecule has 26 heavy (non-hydrogen) atoms. The van der Waals surface area contributed by atoms with Crippen LogP contribution in [0.2, 0.25) is 0 Å². The van der Waals surface area contributed by atoms with Crippen LogP contribution in [-0.2, 0) is 0 Å². The Morgan fingerprint density at radius 3 is 2.46 bits per heavy atom. The summed E-state index contributed by atoms with van der Waals surface area (Å²) >= 11 is 0. The second kappa shape index (κ2) is 6.87. The van der Waals surface area contributed by atoms with Gasteiger partial charge in [-0.05, 0) is 49.6 Å². The third-order valence-corrected chi connectivity index (χ3v) is 5.08. The molecule has 4 heteroatoms. The molecule has 2 heterocycles. The number of rotatable bonds is 4. The van der Waals surface area contributed by atoms with Crippen LogP contribution in [0.4, 0.5) is 5.69 Å². The van der Waals surface area contributed by atoms with E-state index >= 15 is 0 Å². The van der Waals surface area contributed by atoms with Gasteiger partial charge in [-0.1, -0.05) is 12.1 Å². The lowest BCUT2D eigenvalue weighted by molar-refractivity contribution is 0.395. The second-order valence-corrected chi connectivity index (χ2v) is 6.78. The molecule has 0 bridgehead atoms. The smallest absolute Gasteiger partial charge is 0.130 e. The third-order valence-electron chi connectivity index (χ3n) is 5.08. The van der Waals surface area contributed by atoms with Crippen LogP contribution in [0.1, 0.15) is 18.5 Å². The summed E-state index contributed by atoms with van der Waals surface area (Å²) in [5, 5.41) is 1.22. The summed E-state index contributed by atoms with van der Waals surface area (Å²) in [7, 11) is 3.35. The van der Waals surface area contributed by atoms with Gasteiger partial charge in [0.05, 0.1) is 19.7 Å². The minimum absolute atomic E-state index is 0.789. The summed E-state index contributed by atoms with van der Waals surface area (Å²) in [6, 6.07) is 14.6. The Morgan fingerprint density at radius 2 is 1.73 bits per heavy atom. The summed E-state index contributed by atoms with van der Waals surface area (Å²) in [5.41, 5.74) is 5.53. The van der Waals surface area contributed by atoms with E-state index in [1.807, 2.05) is 18.2 Å². The van der Waals surface area contributed by atoms with E-state index in [0.29, 0.717) is 0 Å². The molecule has 0 unspecified atom stereocenters. The summed E-state index contributed by atoms with van der Waals surface area (Å²) < 4.78 is 10.9. The van der Waals surface area contributed by atoms with Crippen LogP contribution in [-0.4, -0.2) is 32.3 Å². The molecule has 1 aliphatic heterocycles. The summed E-state index contributed by atoms with van der Waals surface area (Å²) in [4.78, 5) is 7.27. The van der Waals surface area contributed by atoms with Gasteiger partial charge in [0.2, 0.25) is 0 Å². The van der Waals surface area contributed by atoms with Crippen LogP contribution in [0.5, 0.6) is 11.5 Å². The Morgan fingerprint density at radius 1 is 0.923 bits per heavy atom. The Labute approximate surface area is 154 Å². The maximum absolute atomic E-state index is 5.57. The van der Waals surface area contributed by atoms with E-state index in [9.17, 15) is 0 Å². The Kier molecular flexibility index (Phi) is 4.41. The van der Waals surface area contributed by atoms with Gasteiger partial charge in [-0.25, -0.2) is 0 Å². The lowest BCUT2D eigenvalue weighted by Gasteiger charge is -2.20. The molecule has 0 saturated carbocycles. The monoisotopic (exact) mass is 348 g/mol. The molecular weight excluding hydrogens is 324 g/mol. The summed E-state index contributed by atoms with van der Waals surface area (Å²) in [6.07, 6.45) is 2.54. The maximum Gasteiger partial charge on any atom is 0.130 e. The Hall–Kier alpha value is -2.75. The molecule has 3 aromatic rings. The predicted molar refractivity (Wildman–Crippen MR) is 106 cm³/mol. The van der Waals surface area contributed by atoms with Gasteiger partial charge in [0, 0.05) is 41.5 Å². The van der Waals surface area contributed by atoms with Gasteiger partial charge in [-0.2, -0.15) is 0 Å². The summed E-state index contributed by atoms with van der Waals surface area (Å²) in [5.74, 6) is 1.59. The fraction of sp³-hybridized carbons (Fsp3) is 0.318. The zero-order chi connectivity index (χ0) is 18.1. The van der Waals surface area contributed by atoms with Crippen molar-refractivity contribution in [3.8, 4) is 22.6 Å². The molecule has 0 atom stereocenters. The SMILES string of the molecule is COc1ccc(-c2ccc3c(N4CCCC4)cc(C)nc3c2)c(OC)c1. The number of aryl methyl sites for hydroxylation is 1. The van der Waals surface area contributed by atoms with Gasteiger partial charge in [0.15, 0.2) is 0 Å². The van der Waals surface area contributed by atoms with E-state index in [1.165, 1.54) is 23.9 Å². The lowest BCUT2D eigenvalue weighted by atomic mass is 10.0. The van der Waals surface area contributed by atoms with E-state index in [0.717, 1.165) is 46.9 Å². The van der Waals surface area contributed by atoms with Gasteiger partial charge in [-0.3, -0.25) is 4.98 Å². The molecule has 1 aromatic heterocycles. The van der Waals surface area contributed by atoms with Crippen LogP contribution in [0.15, 0.2) is 42.5 Å². The fourth-order valence-electron chi connectivity index (χ4n) is 3.76. The van der Waals surface area contributed by atoms with E-state index < -0.39 is 0 Å². The van der Waals surface area contributed by atoms with Crippen LogP contribution in [0.3, 0.4) is 0 Å². The van der Waals surface area contributed by atoms with Crippen LogP contribution in [0.25, 0.3) is 22.0 Å². The molecule has 134 valence electrons. The maximum atomic E-state index is 5.57. The molecule has 4 rings (SSSR count). The van der Waals surface area contributed by atoms with Gasteiger partial charge >= 0.3 is 0 Å². The van der Waals surface area contributed by atoms with Crippen molar-refractivity contribution >= 4 is 16.6 Å². The fourth-order valence-corrected chi connectivity index (χ4v) is 3.76. The minimum Gasteiger partial charge on any atom is -0.497 e. The molecule has 1 aliphatic rings. The molecule has 1 fully saturated rings. The third kappa shape index (κ3) is 2.96. The first-order valence-electron chi connectivity index (χ1n) is 9.08. The van der Waals surface area contributed by atoms with Gasteiger partial charge in [-0.15, -0.1) is 0 Å². The molecule has 0 aliphatic carbocycles. The number of ether oxygens (including phenoxy) is 2. The number of pyridine rings is 1. The van der Waals surface area contributed by atoms with Crippen LogP contribution in [0, 0.1) is 6.92 Å². The number of hydrogen-bond acceptors (Lipinski definition) is 4. The Bertz CT molecular complexity index is 946. The molecule has 2 aromatic carbocycles. The van der Waals surface area contributed by atoms with Crippen molar-refractivity contribution in [2.45, 2.75) is 19.8 Å². The van der Waals surface area contributed by atoms with Crippen molar-refractivity contribution in [3.05, 3.63) is 48.2 Å². The first-order chi connectivity index (χ1) is 12.7. The lowest BCUT2D eigenvalue weighted by Crippen LogP contribution is -2.18. The average Bonchev–Trinajstić information content (AvgIpc) is 3.20. The van der Waals surface area contributed by atoms with E-state index in [-0.39, 0.29) is 0 Å². The average molecular weight is 348 g/mol. The number of nitrogens with zero attached hydrogens (tertiary/aromatic N) is 2. The molecule has 4 nitrogen and oxygen atoms in total.